The van der Waals surface area contributed by atoms with E-state index < -0.39 is 5.97 Å². The monoisotopic (exact) mass is 212 g/mol. The molecule has 0 saturated carbocycles. The largest absolute Gasteiger partial charge is 0.477 e. The highest BCUT2D eigenvalue weighted by atomic mass is 32.2. The summed E-state index contributed by atoms with van der Waals surface area (Å²) in [5.74, 6) is 0.577. The van der Waals surface area contributed by atoms with Crippen molar-refractivity contribution in [2.45, 2.75) is 5.75 Å². The van der Waals surface area contributed by atoms with Crippen molar-refractivity contribution >= 4 is 17.7 Å². The molecule has 1 heterocycles. The van der Waals surface area contributed by atoms with E-state index in [9.17, 15) is 4.79 Å². The van der Waals surface area contributed by atoms with Crippen LogP contribution < -0.4 is 5.73 Å². The summed E-state index contributed by atoms with van der Waals surface area (Å²) in [5.41, 5.74) is 6.21. The van der Waals surface area contributed by atoms with Gasteiger partial charge in [-0.15, -0.1) is 0 Å². The minimum Gasteiger partial charge on any atom is -0.477 e. The number of aromatic nitrogens is 1. The van der Waals surface area contributed by atoms with E-state index in [0.717, 1.165) is 11.4 Å². The standard InChI is InChI=1S/C9H12N2O2S/c10-4-5-14-6-7-2-1-3-8(11-7)9(12)13/h1-3H,4-6,10H2,(H,12,13). The van der Waals surface area contributed by atoms with E-state index >= 15 is 0 Å². The second kappa shape index (κ2) is 5.62. The van der Waals surface area contributed by atoms with Crippen LogP contribution in [0.1, 0.15) is 16.2 Å². The van der Waals surface area contributed by atoms with E-state index in [-0.39, 0.29) is 5.69 Å². The zero-order valence-electron chi connectivity index (χ0n) is 7.64. The Morgan fingerprint density at radius 3 is 3.00 bits per heavy atom. The maximum Gasteiger partial charge on any atom is 0.354 e. The minimum absolute atomic E-state index is 0.0934. The smallest absolute Gasteiger partial charge is 0.354 e. The van der Waals surface area contributed by atoms with Crippen LogP contribution in [0.25, 0.3) is 0 Å². The molecule has 3 N–H and O–H groups in total. The Bertz CT molecular complexity index is 317. The zero-order valence-corrected chi connectivity index (χ0v) is 8.46. The summed E-state index contributed by atoms with van der Waals surface area (Å²) in [5, 5.41) is 8.69. The lowest BCUT2D eigenvalue weighted by Crippen LogP contribution is -2.04. The second-order valence-corrected chi connectivity index (χ2v) is 3.77. The lowest BCUT2D eigenvalue weighted by Gasteiger charge is -2.00. The molecule has 14 heavy (non-hydrogen) atoms. The van der Waals surface area contributed by atoms with Gasteiger partial charge in [0, 0.05) is 18.1 Å². The Balaban J connectivity index is 2.59. The fraction of sp³-hybridized carbons (Fsp3) is 0.333. The van der Waals surface area contributed by atoms with Gasteiger partial charge in [0.2, 0.25) is 0 Å². The molecule has 0 aliphatic heterocycles. The van der Waals surface area contributed by atoms with Gasteiger partial charge in [-0.1, -0.05) is 6.07 Å². The Morgan fingerprint density at radius 2 is 2.36 bits per heavy atom. The van der Waals surface area contributed by atoms with Gasteiger partial charge in [-0.25, -0.2) is 9.78 Å². The van der Waals surface area contributed by atoms with Gasteiger partial charge < -0.3 is 10.8 Å². The number of carboxylic acids is 1. The summed E-state index contributed by atoms with van der Waals surface area (Å²) in [6.07, 6.45) is 0. The van der Waals surface area contributed by atoms with Gasteiger partial charge in [0.1, 0.15) is 5.69 Å². The predicted molar refractivity (Wildman–Crippen MR) is 56.4 cm³/mol. The van der Waals surface area contributed by atoms with Crippen molar-refractivity contribution in [2.24, 2.45) is 5.73 Å². The number of hydrogen-bond donors (Lipinski definition) is 2. The Hall–Kier alpha value is -1.07. The van der Waals surface area contributed by atoms with Gasteiger partial charge in [-0.3, -0.25) is 0 Å². The molecule has 76 valence electrons. The average molecular weight is 212 g/mol. The van der Waals surface area contributed by atoms with Gasteiger partial charge in [0.25, 0.3) is 0 Å². The molecule has 0 spiro atoms. The number of pyridine rings is 1. The molecule has 1 aromatic heterocycles. The Kier molecular flexibility index (Phi) is 4.42. The van der Waals surface area contributed by atoms with Crippen LogP contribution in [0.4, 0.5) is 0 Å². The summed E-state index contributed by atoms with van der Waals surface area (Å²) >= 11 is 1.65. The summed E-state index contributed by atoms with van der Waals surface area (Å²) in [6.45, 7) is 0.628. The van der Waals surface area contributed by atoms with Gasteiger partial charge in [0.15, 0.2) is 0 Å². The number of nitrogens with zero attached hydrogens (tertiary/aromatic N) is 1. The first-order chi connectivity index (χ1) is 6.74. The molecule has 0 unspecified atom stereocenters. The number of carboxylic acid groups (broad SMARTS) is 1. The van der Waals surface area contributed by atoms with Gasteiger partial charge >= 0.3 is 5.97 Å². The van der Waals surface area contributed by atoms with Crippen LogP contribution in [-0.2, 0) is 5.75 Å². The third-order valence-electron chi connectivity index (χ3n) is 1.54. The van der Waals surface area contributed by atoms with E-state index in [1.807, 2.05) is 6.07 Å². The molecule has 0 aromatic carbocycles. The fourth-order valence-corrected chi connectivity index (χ4v) is 1.62. The number of nitrogens with two attached hydrogens (primary N) is 1. The summed E-state index contributed by atoms with van der Waals surface area (Å²) in [4.78, 5) is 14.6. The van der Waals surface area contributed by atoms with Crippen molar-refractivity contribution in [1.29, 1.82) is 0 Å². The molecule has 0 saturated heterocycles. The molecule has 4 nitrogen and oxygen atoms in total. The highest BCUT2D eigenvalue weighted by molar-refractivity contribution is 7.98. The molecule has 5 heteroatoms. The lowest BCUT2D eigenvalue weighted by molar-refractivity contribution is 0.0690. The molecule has 0 aliphatic rings. The predicted octanol–water partition coefficient (Wildman–Crippen LogP) is 0.972. The van der Waals surface area contributed by atoms with Crippen LogP contribution in [0.15, 0.2) is 18.2 Å². The van der Waals surface area contributed by atoms with Crippen LogP contribution >= 0.6 is 11.8 Å². The SMILES string of the molecule is NCCSCc1cccc(C(=O)O)n1. The summed E-state index contributed by atoms with van der Waals surface area (Å²) in [6, 6.07) is 5.00. The third kappa shape index (κ3) is 3.35. The summed E-state index contributed by atoms with van der Waals surface area (Å²) < 4.78 is 0. The molecule has 1 rings (SSSR count). The number of aromatic carboxylic acids is 1. The molecule has 0 fully saturated rings. The fourth-order valence-electron chi connectivity index (χ4n) is 0.939. The maximum absolute atomic E-state index is 10.6. The van der Waals surface area contributed by atoms with Crippen molar-refractivity contribution in [3.63, 3.8) is 0 Å². The quantitative estimate of drug-likeness (QED) is 0.711. The lowest BCUT2D eigenvalue weighted by atomic mass is 10.3. The van der Waals surface area contributed by atoms with Crippen LogP contribution in [0.5, 0.6) is 0 Å². The zero-order chi connectivity index (χ0) is 10.4. The topological polar surface area (TPSA) is 76.2 Å². The van der Waals surface area contributed by atoms with Gasteiger partial charge in [-0.05, 0) is 12.1 Å². The highest BCUT2D eigenvalue weighted by Gasteiger charge is 2.04. The van der Waals surface area contributed by atoms with Crippen molar-refractivity contribution in [3.05, 3.63) is 29.6 Å². The normalized spacial score (nSPS) is 10.1. The molecular formula is C9H12N2O2S. The minimum atomic E-state index is -0.990. The van der Waals surface area contributed by atoms with Crippen molar-refractivity contribution < 1.29 is 9.90 Å². The van der Waals surface area contributed by atoms with Crippen molar-refractivity contribution in [1.82, 2.24) is 4.98 Å². The third-order valence-corrected chi connectivity index (χ3v) is 2.56. The molecular weight excluding hydrogens is 200 g/mol. The van der Waals surface area contributed by atoms with Crippen molar-refractivity contribution in [2.75, 3.05) is 12.3 Å². The first-order valence-electron chi connectivity index (χ1n) is 4.21. The van der Waals surface area contributed by atoms with Gasteiger partial charge in [0.05, 0.1) is 5.69 Å². The molecule has 0 bridgehead atoms. The van der Waals surface area contributed by atoms with E-state index in [0.29, 0.717) is 12.3 Å². The van der Waals surface area contributed by atoms with Crippen LogP contribution in [0.3, 0.4) is 0 Å². The average Bonchev–Trinajstić information content (AvgIpc) is 2.19. The number of hydrogen-bond acceptors (Lipinski definition) is 4. The summed E-state index contributed by atoms with van der Waals surface area (Å²) in [7, 11) is 0. The van der Waals surface area contributed by atoms with E-state index in [2.05, 4.69) is 4.98 Å². The Labute approximate surface area is 86.5 Å². The van der Waals surface area contributed by atoms with E-state index in [1.54, 1.807) is 17.8 Å². The number of thioether (sulfide) groups is 1. The first kappa shape index (κ1) is 11.0. The molecule has 0 amide bonds. The van der Waals surface area contributed by atoms with Crippen LogP contribution in [0, 0.1) is 0 Å². The first-order valence-corrected chi connectivity index (χ1v) is 5.36. The molecule has 0 radical (unpaired) electrons. The molecule has 0 atom stereocenters. The maximum atomic E-state index is 10.6. The van der Waals surface area contributed by atoms with Gasteiger partial charge in [-0.2, -0.15) is 11.8 Å². The molecule has 0 aliphatic carbocycles. The Morgan fingerprint density at radius 1 is 1.57 bits per heavy atom. The number of carbonyl (C=O) groups is 1. The van der Waals surface area contributed by atoms with E-state index in [4.69, 9.17) is 10.8 Å². The van der Waals surface area contributed by atoms with Crippen LogP contribution in [-0.4, -0.2) is 28.4 Å². The van der Waals surface area contributed by atoms with Crippen LogP contribution in [0.2, 0.25) is 0 Å². The van der Waals surface area contributed by atoms with E-state index in [1.165, 1.54) is 6.07 Å². The number of rotatable bonds is 5. The second-order valence-electron chi connectivity index (χ2n) is 2.66. The molecule has 1 aromatic rings. The highest BCUT2D eigenvalue weighted by Crippen LogP contribution is 2.09. The van der Waals surface area contributed by atoms with Crippen molar-refractivity contribution in [3.8, 4) is 0 Å².